The van der Waals surface area contributed by atoms with Gasteiger partial charge < -0.3 is 5.32 Å². The van der Waals surface area contributed by atoms with Gasteiger partial charge in [-0.1, -0.05) is 18.2 Å². The Morgan fingerprint density at radius 3 is 2.74 bits per heavy atom. The third-order valence-electron chi connectivity index (χ3n) is 5.29. The van der Waals surface area contributed by atoms with Crippen LogP contribution in [0.4, 0.5) is 4.39 Å². The minimum absolute atomic E-state index is 0.0395. The maximum absolute atomic E-state index is 13.2. The van der Waals surface area contributed by atoms with Crippen LogP contribution in [0.2, 0.25) is 0 Å². The van der Waals surface area contributed by atoms with Crippen LogP contribution in [-0.4, -0.2) is 67.4 Å². The molecule has 0 saturated carbocycles. The van der Waals surface area contributed by atoms with Crippen LogP contribution in [-0.2, 0) is 26.1 Å². The van der Waals surface area contributed by atoms with Crippen molar-refractivity contribution in [3.63, 3.8) is 0 Å². The Hall–Kier alpha value is -2.47. The number of rotatable bonds is 8. The van der Waals surface area contributed by atoms with Gasteiger partial charge >= 0.3 is 0 Å². The average Bonchev–Trinajstić information content (AvgIpc) is 3.16. The Labute approximate surface area is 181 Å². The van der Waals surface area contributed by atoms with Gasteiger partial charge in [-0.15, -0.1) is 0 Å². The van der Waals surface area contributed by atoms with Crippen molar-refractivity contribution in [3.05, 3.63) is 48.0 Å². The van der Waals surface area contributed by atoms with E-state index in [1.54, 1.807) is 13.0 Å². The largest absolute Gasteiger partial charge is 0.301 e. The normalized spacial score (nSPS) is 21.2. The summed E-state index contributed by atoms with van der Waals surface area (Å²) in [5, 5.41) is 4.35. The predicted molar refractivity (Wildman–Crippen MR) is 113 cm³/mol. The molecule has 0 spiro atoms. The lowest BCUT2D eigenvalue weighted by Gasteiger charge is -2.32. The molecule has 168 valence electrons. The van der Waals surface area contributed by atoms with Crippen molar-refractivity contribution < 1.29 is 22.4 Å². The third kappa shape index (κ3) is 5.42. The molecule has 1 saturated heterocycles. The summed E-state index contributed by atoms with van der Waals surface area (Å²) in [7, 11) is -0.512. The van der Waals surface area contributed by atoms with Gasteiger partial charge in [-0.05, 0) is 31.4 Å². The van der Waals surface area contributed by atoms with Gasteiger partial charge in [0.15, 0.2) is 11.6 Å². The van der Waals surface area contributed by atoms with Crippen LogP contribution in [0.1, 0.15) is 18.9 Å². The smallest absolute Gasteiger partial charge is 0.266 e. The topological polar surface area (TPSA) is 114 Å². The molecule has 1 amide bonds. The first kappa shape index (κ1) is 23.2. The molecule has 1 aliphatic rings. The zero-order chi connectivity index (χ0) is 22.6. The Morgan fingerprint density at radius 2 is 2.10 bits per heavy atom. The lowest BCUT2D eigenvalue weighted by molar-refractivity contribution is -0.175. The van der Waals surface area contributed by atoms with Gasteiger partial charge in [-0.2, -0.15) is 0 Å². The molecule has 9 nitrogen and oxygen atoms in total. The molecule has 3 rings (SSSR count). The molecule has 0 radical (unpaired) electrons. The number of carbonyl (C=O) groups is 1. The van der Waals surface area contributed by atoms with Crippen molar-refractivity contribution in [2.75, 3.05) is 26.5 Å². The fourth-order valence-corrected chi connectivity index (χ4v) is 4.53. The number of likely N-dealkylation sites (N-methyl/N-ethyl adjacent to an activating group) is 1. The highest BCUT2D eigenvalue weighted by Gasteiger charge is 2.47. The number of nitrogens with zero attached hydrogens (tertiary/aromatic N) is 3. The molecular weight excluding hydrogens is 425 g/mol. The van der Waals surface area contributed by atoms with E-state index >= 15 is 0 Å². The summed E-state index contributed by atoms with van der Waals surface area (Å²) in [4.78, 5) is 26.3. The Balaban J connectivity index is 1.89. The second-order valence-corrected chi connectivity index (χ2v) is 9.52. The van der Waals surface area contributed by atoms with Gasteiger partial charge in [-0.3, -0.25) is 9.63 Å². The summed E-state index contributed by atoms with van der Waals surface area (Å²) in [5.41, 5.74) is 0.435. The van der Waals surface area contributed by atoms with Crippen molar-refractivity contribution in [2.45, 2.75) is 31.3 Å². The second kappa shape index (κ2) is 9.35. The first-order chi connectivity index (χ1) is 14.7. The maximum Gasteiger partial charge on any atom is 0.266 e. The van der Waals surface area contributed by atoms with Crippen LogP contribution >= 0.6 is 0 Å². The van der Waals surface area contributed by atoms with E-state index in [-0.39, 0.29) is 18.1 Å². The van der Waals surface area contributed by atoms with Crippen LogP contribution in [0.15, 0.2) is 36.7 Å². The van der Waals surface area contributed by atoms with Gasteiger partial charge in [0.05, 0.1) is 25.3 Å². The molecule has 1 aliphatic heterocycles. The van der Waals surface area contributed by atoms with Crippen molar-refractivity contribution in [3.8, 4) is 11.4 Å². The molecule has 2 N–H and O–H groups in total. The minimum Gasteiger partial charge on any atom is -0.301 e. The van der Waals surface area contributed by atoms with E-state index in [0.717, 1.165) is 23.0 Å². The molecule has 1 aromatic heterocycles. The van der Waals surface area contributed by atoms with Crippen LogP contribution in [0.5, 0.6) is 0 Å². The van der Waals surface area contributed by atoms with Crippen molar-refractivity contribution in [1.29, 1.82) is 0 Å². The van der Waals surface area contributed by atoms with E-state index < -0.39 is 27.4 Å². The zero-order valence-electron chi connectivity index (χ0n) is 17.6. The zero-order valence-corrected chi connectivity index (χ0v) is 18.4. The van der Waals surface area contributed by atoms with Crippen LogP contribution in [0.3, 0.4) is 0 Å². The number of carbonyl (C=O) groups excluding carboxylic acids is 1. The number of aromatic nitrogens is 2. The summed E-state index contributed by atoms with van der Waals surface area (Å²) in [6.45, 7) is 1.87. The number of halogens is 1. The summed E-state index contributed by atoms with van der Waals surface area (Å²) >= 11 is 0. The lowest BCUT2D eigenvalue weighted by atomic mass is 9.86. The molecule has 0 aliphatic carbocycles. The highest BCUT2D eigenvalue weighted by molar-refractivity contribution is 7.89. The van der Waals surface area contributed by atoms with E-state index in [0.29, 0.717) is 24.4 Å². The number of benzene rings is 1. The summed E-state index contributed by atoms with van der Waals surface area (Å²) in [6, 6.07) is 6.87. The molecule has 1 fully saturated rings. The number of nitrogens with one attached hydrogen (secondary N) is 2. The highest BCUT2D eigenvalue weighted by Crippen LogP contribution is 2.28. The molecule has 0 unspecified atom stereocenters. The van der Waals surface area contributed by atoms with Gasteiger partial charge in [0.1, 0.15) is 5.54 Å². The van der Waals surface area contributed by atoms with E-state index in [2.05, 4.69) is 20.0 Å². The molecular formula is C20H26FN5O4S. The van der Waals surface area contributed by atoms with Gasteiger partial charge in [0, 0.05) is 25.2 Å². The molecule has 2 aromatic rings. The molecule has 0 bridgehead atoms. The Kier molecular flexibility index (Phi) is 6.99. The fraction of sp³-hybridized carbons (Fsp3) is 0.450. The first-order valence-electron chi connectivity index (χ1n) is 9.82. The maximum atomic E-state index is 13.2. The Bertz CT molecular complexity index is 1030. The van der Waals surface area contributed by atoms with Crippen LogP contribution in [0.25, 0.3) is 11.4 Å². The van der Waals surface area contributed by atoms with Crippen molar-refractivity contribution in [2.24, 2.45) is 0 Å². The monoisotopic (exact) mass is 451 g/mol. The molecule has 2 atom stereocenters. The number of hydrogen-bond donors (Lipinski definition) is 2. The van der Waals surface area contributed by atoms with E-state index in [4.69, 9.17) is 4.84 Å². The number of hydroxylamine groups is 2. The average molecular weight is 452 g/mol. The number of amides is 1. The third-order valence-corrected chi connectivity index (χ3v) is 6.74. The predicted octanol–water partition coefficient (Wildman–Crippen LogP) is 0.885. The van der Waals surface area contributed by atoms with E-state index in [1.165, 1.54) is 14.2 Å². The quantitative estimate of drug-likeness (QED) is 0.573. The van der Waals surface area contributed by atoms with Gasteiger partial charge in [-0.25, -0.2) is 32.6 Å². The van der Waals surface area contributed by atoms with Crippen LogP contribution in [0, 0.1) is 5.82 Å². The van der Waals surface area contributed by atoms with Crippen molar-refractivity contribution >= 4 is 15.9 Å². The summed E-state index contributed by atoms with van der Waals surface area (Å²) in [5.74, 6) is -0.507. The fourth-order valence-electron chi connectivity index (χ4n) is 3.69. The van der Waals surface area contributed by atoms with Gasteiger partial charge in [0.2, 0.25) is 10.0 Å². The summed E-state index contributed by atoms with van der Waals surface area (Å²) in [6.07, 6.45) is 2.74. The SMILES string of the molecule is CCS(=O)(=O)N[C@H]1CN[C@](Cc2cccc(-c3ncc(F)cn3)c2)(C(=O)N(C)OC)C1. The van der Waals surface area contributed by atoms with Crippen molar-refractivity contribution in [1.82, 2.24) is 25.1 Å². The van der Waals surface area contributed by atoms with E-state index in [9.17, 15) is 17.6 Å². The molecule has 2 heterocycles. The van der Waals surface area contributed by atoms with Crippen LogP contribution < -0.4 is 10.0 Å². The summed E-state index contributed by atoms with van der Waals surface area (Å²) < 4.78 is 39.8. The molecule has 31 heavy (non-hydrogen) atoms. The minimum atomic E-state index is -3.42. The van der Waals surface area contributed by atoms with Gasteiger partial charge in [0.25, 0.3) is 5.91 Å². The number of sulfonamides is 1. The van der Waals surface area contributed by atoms with E-state index in [1.807, 2.05) is 18.2 Å². The highest BCUT2D eigenvalue weighted by atomic mass is 32.2. The molecule has 1 aromatic carbocycles. The second-order valence-electron chi connectivity index (χ2n) is 7.47. The Morgan fingerprint density at radius 1 is 1.39 bits per heavy atom. The number of hydrogen-bond acceptors (Lipinski definition) is 7. The first-order valence-corrected chi connectivity index (χ1v) is 11.5. The standard InChI is InChI=1S/C20H26FN5O4S/c1-4-31(28,29)25-17-10-20(24-13-17,19(27)26(2)30-3)9-14-6-5-7-15(8-14)18-22-11-16(21)12-23-18/h5-8,11-12,17,24-25H,4,9-10,13H2,1-3H3/t17-,20+/m1/s1. The lowest BCUT2D eigenvalue weighted by Crippen LogP contribution is -2.55. The molecule has 11 heteroatoms.